The largest absolute Gasteiger partial charge is 0.497 e. The highest BCUT2D eigenvalue weighted by molar-refractivity contribution is 7.90. The van der Waals surface area contributed by atoms with Crippen LogP contribution in [0.15, 0.2) is 23.1 Å². The summed E-state index contributed by atoms with van der Waals surface area (Å²) in [4.78, 5) is 25.6. The molecule has 1 heterocycles. The molecule has 1 aromatic rings. The van der Waals surface area contributed by atoms with Crippen LogP contribution < -0.4 is 15.4 Å². The summed E-state index contributed by atoms with van der Waals surface area (Å²) in [5, 5.41) is 5.08. The molecule has 1 unspecified atom stereocenters. The molecule has 1 saturated heterocycles. The standard InChI is InChI=1S/C15H21N3O5S/c1-18-8-4-5-12(14(18)19)17-15(20)16-11-7-6-10(23-2)9-13(11)24(3,21)22/h6-7,9,12H,4-5,8H2,1-3H3,(H2,16,17,20). The number of piperidine rings is 1. The van der Waals surface area contributed by atoms with Gasteiger partial charge in [0.25, 0.3) is 0 Å². The second kappa shape index (κ2) is 7.08. The van der Waals surface area contributed by atoms with Crippen molar-refractivity contribution in [3.05, 3.63) is 18.2 Å². The Morgan fingerprint density at radius 2 is 2.08 bits per heavy atom. The molecule has 2 N–H and O–H groups in total. The van der Waals surface area contributed by atoms with E-state index >= 15 is 0 Å². The number of sulfone groups is 1. The number of methoxy groups -OCH3 is 1. The van der Waals surface area contributed by atoms with Gasteiger partial charge in [0.05, 0.1) is 17.7 Å². The Hall–Kier alpha value is -2.29. The zero-order chi connectivity index (χ0) is 17.9. The molecule has 132 valence electrons. The molecule has 1 aliphatic rings. The predicted molar refractivity (Wildman–Crippen MR) is 88.9 cm³/mol. The second-order valence-electron chi connectivity index (χ2n) is 5.69. The van der Waals surface area contributed by atoms with Crippen molar-refractivity contribution in [2.24, 2.45) is 0 Å². The molecule has 1 fully saturated rings. The molecule has 1 aromatic carbocycles. The van der Waals surface area contributed by atoms with Crippen molar-refractivity contribution >= 4 is 27.5 Å². The molecule has 0 radical (unpaired) electrons. The van der Waals surface area contributed by atoms with Crippen LogP contribution in [-0.2, 0) is 14.6 Å². The summed E-state index contributed by atoms with van der Waals surface area (Å²) in [6.45, 7) is 0.662. The number of nitrogens with zero attached hydrogens (tertiary/aromatic N) is 1. The summed E-state index contributed by atoms with van der Waals surface area (Å²) in [5.41, 5.74) is 0.132. The van der Waals surface area contributed by atoms with Gasteiger partial charge >= 0.3 is 6.03 Å². The first-order valence-corrected chi connectivity index (χ1v) is 9.32. The van der Waals surface area contributed by atoms with E-state index < -0.39 is 21.9 Å². The Bertz CT molecular complexity index is 747. The third kappa shape index (κ3) is 4.16. The highest BCUT2D eigenvalue weighted by atomic mass is 32.2. The average Bonchev–Trinajstić information content (AvgIpc) is 2.51. The maximum absolute atomic E-state index is 12.1. The molecule has 0 aromatic heterocycles. The molecular formula is C15H21N3O5S. The summed E-state index contributed by atoms with van der Waals surface area (Å²) < 4.78 is 28.8. The molecule has 24 heavy (non-hydrogen) atoms. The number of rotatable bonds is 4. The van der Waals surface area contributed by atoms with Crippen LogP contribution in [0.25, 0.3) is 0 Å². The van der Waals surface area contributed by atoms with E-state index in [-0.39, 0.29) is 16.5 Å². The van der Waals surface area contributed by atoms with E-state index in [0.29, 0.717) is 18.7 Å². The van der Waals surface area contributed by atoms with E-state index in [1.165, 1.54) is 19.2 Å². The summed E-state index contributed by atoms with van der Waals surface area (Å²) >= 11 is 0. The number of urea groups is 1. The van der Waals surface area contributed by atoms with Crippen molar-refractivity contribution in [2.75, 3.05) is 32.3 Å². The van der Waals surface area contributed by atoms with Crippen LogP contribution in [0.3, 0.4) is 0 Å². The molecule has 9 heteroatoms. The van der Waals surface area contributed by atoms with Crippen LogP contribution in [-0.4, -0.2) is 58.3 Å². The van der Waals surface area contributed by atoms with Crippen LogP contribution in [0.4, 0.5) is 10.5 Å². The molecule has 0 spiro atoms. The molecular weight excluding hydrogens is 334 g/mol. The molecule has 1 atom stereocenters. The van der Waals surface area contributed by atoms with E-state index in [4.69, 9.17) is 4.74 Å². The highest BCUT2D eigenvalue weighted by Crippen LogP contribution is 2.26. The Morgan fingerprint density at radius 1 is 1.38 bits per heavy atom. The summed E-state index contributed by atoms with van der Waals surface area (Å²) in [6.07, 6.45) is 2.40. The summed E-state index contributed by atoms with van der Waals surface area (Å²) in [6, 6.07) is 3.10. The van der Waals surface area contributed by atoms with Gasteiger partial charge in [-0.15, -0.1) is 0 Å². The molecule has 0 aliphatic carbocycles. The van der Waals surface area contributed by atoms with Crippen LogP contribution in [0, 0.1) is 0 Å². The Kier molecular flexibility index (Phi) is 5.33. The molecule has 0 bridgehead atoms. The Morgan fingerprint density at radius 3 is 2.71 bits per heavy atom. The van der Waals surface area contributed by atoms with Crippen molar-refractivity contribution in [2.45, 2.75) is 23.8 Å². The van der Waals surface area contributed by atoms with Gasteiger partial charge in [0, 0.05) is 25.9 Å². The van der Waals surface area contributed by atoms with Crippen molar-refractivity contribution in [3.63, 3.8) is 0 Å². The van der Waals surface area contributed by atoms with Crippen LogP contribution in [0.2, 0.25) is 0 Å². The number of likely N-dealkylation sites (N-methyl/N-ethyl adjacent to an activating group) is 1. The van der Waals surface area contributed by atoms with Crippen LogP contribution in [0.1, 0.15) is 12.8 Å². The maximum Gasteiger partial charge on any atom is 0.319 e. The number of nitrogens with one attached hydrogen (secondary N) is 2. The number of amides is 3. The minimum absolute atomic E-state index is 0.0518. The lowest BCUT2D eigenvalue weighted by Crippen LogP contribution is -2.51. The lowest BCUT2D eigenvalue weighted by molar-refractivity contribution is -0.134. The number of carbonyl (C=O) groups is 2. The number of ether oxygens (including phenoxy) is 1. The number of hydrogen-bond acceptors (Lipinski definition) is 5. The van der Waals surface area contributed by atoms with Gasteiger partial charge in [-0.25, -0.2) is 13.2 Å². The normalized spacial score (nSPS) is 18.2. The van der Waals surface area contributed by atoms with E-state index in [1.807, 2.05) is 0 Å². The number of anilines is 1. The fraction of sp³-hybridized carbons (Fsp3) is 0.467. The Labute approximate surface area is 141 Å². The van der Waals surface area contributed by atoms with Crippen LogP contribution >= 0.6 is 0 Å². The zero-order valence-electron chi connectivity index (χ0n) is 13.8. The summed E-state index contributed by atoms with van der Waals surface area (Å²) in [5.74, 6) is 0.208. The maximum atomic E-state index is 12.1. The monoisotopic (exact) mass is 355 g/mol. The number of hydrogen-bond donors (Lipinski definition) is 2. The molecule has 8 nitrogen and oxygen atoms in total. The van der Waals surface area contributed by atoms with Gasteiger partial charge in [-0.3, -0.25) is 4.79 Å². The second-order valence-corrected chi connectivity index (χ2v) is 7.67. The molecule has 0 saturated carbocycles. The molecule has 2 rings (SSSR count). The number of carbonyl (C=O) groups excluding carboxylic acids is 2. The van der Waals surface area contributed by atoms with Gasteiger partial charge in [-0.2, -0.15) is 0 Å². The van der Waals surface area contributed by atoms with Gasteiger partial charge in [-0.1, -0.05) is 0 Å². The summed E-state index contributed by atoms with van der Waals surface area (Å²) in [7, 11) is -0.459. The van der Waals surface area contributed by atoms with Crippen molar-refractivity contribution in [1.82, 2.24) is 10.2 Å². The van der Waals surface area contributed by atoms with Gasteiger partial charge in [0.2, 0.25) is 5.91 Å². The van der Waals surface area contributed by atoms with Gasteiger partial charge < -0.3 is 20.3 Å². The average molecular weight is 355 g/mol. The fourth-order valence-electron chi connectivity index (χ4n) is 2.52. The lowest BCUT2D eigenvalue weighted by atomic mass is 10.1. The van der Waals surface area contributed by atoms with E-state index in [0.717, 1.165) is 12.7 Å². The van der Waals surface area contributed by atoms with Crippen molar-refractivity contribution in [3.8, 4) is 5.75 Å². The van der Waals surface area contributed by atoms with Gasteiger partial charge in [0.1, 0.15) is 11.8 Å². The van der Waals surface area contributed by atoms with Gasteiger partial charge in [0.15, 0.2) is 9.84 Å². The lowest BCUT2D eigenvalue weighted by Gasteiger charge is -2.29. The number of benzene rings is 1. The van der Waals surface area contributed by atoms with E-state index in [1.54, 1.807) is 18.0 Å². The quantitative estimate of drug-likeness (QED) is 0.833. The van der Waals surface area contributed by atoms with E-state index in [9.17, 15) is 18.0 Å². The third-order valence-corrected chi connectivity index (χ3v) is 4.94. The van der Waals surface area contributed by atoms with Crippen molar-refractivity contribution < 1.29 is 22.7 Å². The first-order valence-electron chi connectivity index (χ1n) is 7.43. The molecule has 1 aliphatic heterocycles. The molecule has 3 amide bonds. The van der Waals surface area contributed by atoms with Crippen molar-refractivity contribution in [1.29, 1.82) is 0 Å². The van der Waals surface area contributed by atoms with E-state index in [2.05, 4.69) is 10.6 Å². The van der Waals surface area contributed by atoms with Gasteiger partial charge in [-0.05, 0) is 25.0 Å². The first-order chi connectivity index (χ1) is 11.2. The highest BCUT2D eigenvalue weighted by Gasteiger charge is 2.28. The topological polar surface area (TPSA) is 105 Å². The Balaban J connectivity index is 2.15. The first kappa shape index (κ1) is 18.1. The minimum atomic E-state index is -3.56. The number of likely N-dealkylation sites (tertiary alicyclic amines) is 1. The predicted octanol–water partition coefficient (Wildman–Crippen LogP) is 0.841. The van der Waals surface area contributed by atoms with Crippen LogP contribution in [0.5, 0.6) is 5.75 Å². The third-order valence-electron chi connectivity index (χ3n) is 3.80. The SMILES string of the molecule is COc1ccc(NC(=O)NC2CCCN(C)C2=O)c(S(C)(=O)=O)c1. The smallest absolute Gasteiger partial charge is 0.319 e. The minimum Gasteiger partial charge on any atom is -0.497 e. The fourth-order valence-corrected chi connectivity index (χ4v) is 3.37. The zero-order valence-corrected chi connectivity index (χ0v) is 14.6.